The van der Waals surface area contributed by atoms with Crippen molar-refractivity contribution in [3.63, 3.8) is 0 Å². The fraction of sp³-hybridized carbons (Fsp3) is 0.424. The molecule has 43 heavy (non-hydrogen) atoms. The van der Waals surface area contributed by atoms with Crippen molar-refractivity contribution in [1.82, 2.24) is 10.2 Å². The second-order valence-electron chi connectivity index (χ2n) is 12.3. The van der Waals surface area contributed by atoms with E-state index in [4.69, 9.17) is 5.73 Å². The van der Waals surface area contributed by atoms with Crippen molar-refractivity contribution in [1.29, 1.82) is 0 Å². The lowest BCUT2D eigenvalue weighted by atomic mass is 9.58. The molecule has 3 aliphatic rings. The van der Waals surface area contributed by atoms with Crippen LogP contribution in [-0.2, 0) is 29.0 Å². The number of aliphatic hydroxyl groups is 3. The van der Waals surface area contributed by atoms with Gasteiger partial charge in [0.2, 0.25) is 5.78 Å². The minimum absolute atomic E-state index is 0.00560. The number of phenolic OH excluding ortho intramolecular Hbond substituents is 1. The zero-order valence-corrected chi connectivity index (χ0v) is 25.1. The number of aromatic hydroxyl groups is 1. The number of nitrogens with one attached hydrogen (secondary N) is 1. The quantitative estimate of drug-likeness (QED) is 0.266. The number of hydrogen-bond donors (Lipinski definition) is 6. The molecular formula is C33H39N3O7. The van der Waals surface area contributed by atoms with Crippen LogP contribution in [0.1, 0.15) is 54.2 Å². The van der Waals surface area contributed by atoms with Crippen LogP contribution in [0.5, 0.6) is 5.75 Å². The first kappa shape index (κ1) is 30.5. The number of primary amides is 1. The summed E-state index contributed by atoms with van der Waals surface area (Å²) in [6.45, 7) is 6.84. The number of carbonyl (C=O) groups excluding carboxylic acids is 3. The van der Waals surface area contributed by atoms with E-state index in [1.54, 1.807) is 25.1 Å². The normalized spacial score (nSPS) is 25.3. The van der Waals surface area contributed by atoms with Gasteiger partial charge in [0.25, 0.3) is 5.91 Å². The van der Waals surface area contributed by atoms with Gasteiger partial charge in [-0.1, -0.05) is 39.0 Å². The Morgan fingerprint density at radius 2 is 1.81 bits per heavy atom. The van der Waals surface area contributed by atoms with Crippen LogP contribution in [0.15, 0.2) is 53.0 Å². The van der Waals surface area contributed by atoms with E-state index in [1.165, 1.54) is 6.07 Å². The lowest BCUT2D eigenvalue weighted by molar-refractivity contribution is -0.148. The molecule has 0 bridgehead atoms. The standard InChI is InChI=1S/C33H39N3O7/c1-6-17-8-7-16(14-35-15(2)3)11-20(17)19-9-10-23(37)25-21(19)12-18-13-22-27(36(4)5)29(39)26(32(34)42)31(41)33(22,43)30(40)24(18)28(25)38/h7-11,15,18,22,27,35,37,39-40,43H,6,12-14H2,1-5H3,(H2,34,42)/t18-,22-,27-,33-/m0/s1. The van der Waals surface area contributed by atoms with E-state index in [9.17, 15) is 34.8 Å². The third-order valence-corrected chi connectivity index (χ3v) is 9.17. The Balaban J connectivity index is 1.69. The molecule has 0 saturated heterocycles. The Bertz CT molecular complexity index is 1610. The number of rotatable bonds is 7. The molecular weight excluding hydrogens is 550 g/mol. The molecule has 5 rings (SSSR count). The molecule has 0 radical (unpaired) electrons. The molecule has 10 nitrogen and oxygen atoms in total. The maximum Gasteiger partial charge on any atom is 0.255 e. The van der Waals surface area contributed by atoms with Crippen molar-refractivity contribution in [2.75, 3.05) is 14.1 Å². The fourth-order valence-corrected chi connectivity index (χ4v) is 7.12. The fourth-order valence-electron chi connectivity index (χ4n) is 7.12. The van der Waals surface area contributed by atoms with Gasteiger partial charge in [0.1, 0.15) is 22.8 Å². The number of aliphatic hydroxyl groups excluding tert-OH is 2. The molecule has 0 unspecified atom stereocenters. The van der Waals surface area contributed by atoms with E-state index >= 15 is 0 Å². The Morgan fingerprint density at radius 1 is 1.12 bits per heavy atom. The molecule has 0 fully saturated rings. The number of allylic oxidation sites excluding steroid dienone is 1. The molecule has 3 aliphatic carbocycles. The van der Waals surface area contributed by atoms with Crippen LogP contribution in [0, 0.1) is 11.8 Å². The van der Waals surface area contributed by atoms with Gasteiger partial charge in [0.15, 0.2) is 11.4 Å². The summed E-state index contributed by atoms with van der Waals surface area (Å²) in [5, 5.41) is 48.7. The first-order chi connectivity index (χ1) is 20.2. The molecule has 4 atom stereocenters. The Labute approximate surface area is 250 Å². The van der Waals surface area contributed by atoms with Gasteiger partial charge in [-0.3, -0.25) is 19.3 Å². The van der Waals surface area contributed by atoms with Crippen LogP contribution >= 0.6 is 0 Å². The Kier molecular flexibility index (Phi) is 7.75. The van der Waals surface area contributed by atoms with Crippen LogP contribution in [-0.4, -0.2) is 74.6 Å². The Morgan fingerprint density at radius 3 is 2.42 bits per heavy atom. The van der Waals surface area contributed by atoms with Crippen molar-refractivity contribution < 1.29 is 34.8 Å². The van der Waals surface area contributed by atoms with Crippen molar-refractivity contribution in [3.8, 4) is 16.9 Å². The smallest absolute Gasteiger partial charge is 0.255 e. The molecule has 0 aliphatic heterocycles. The van der Waals surface area contributed by atoms with E-state index < -0.39 is 58.0 Å². The van der Waals surface area contributed by atoms with E-state index in [2.05, 4.69) is 37.4 Å². The Hall–Kier alpha value is -3.99. The minimum atomic E-state index is -2.66. The van der Waals surface area contributed by atoms with Gasteiger partial charge in [0, 0.05) is 24.1 Å². The van der Waals surface area contributed by atoms with Crippen LogP contribution in [0.3, 0.4) is 0 Å². The number of ketones is 2. The highest BCUT2D eigenvalue weighted by Crippen LogP contribution is 2.53. The molecule has 2 aromatic rings. The highest BCUT2D eigenvalue weighted by atomic mass is 16.3. The predicted octanol–water partition coefficient (Wildman–Crippen LogP) is 2.85. The van der Waals surface area contributed by atoms with Gasteiger partial charge < -0.3 is 31.5 Å². The van der Waals surface area contributed by atoms with Gasteiger partial charge in [-0.25, -0.2) is 0 Å². The summed E-state index contributed by atoms with van der Waals surface area (Å²) in [7, 11) is 3.22. The number of phenols is 1. The zero-order valence-electron chi connectivity index (χ0n) is 25.1. The molecule has 1 amide bonds. The molecule has 7 N–H and O–H groups in total. The molecule has 0 aromatic heterocycles. The number of benzene rings is 2. The number of amides is 1. The number of likely N-dealkylation sites (N-methyl/N-ethyl adjacent to an activating group) is 1. The van der Waals surface area contributed by atoms with E-state index in [-0.39, 0.29) is 29.7 Å². The lowest BCUT2D eigenvalue weighted by Crippen LogP contribution is -2.63. The van der Waals surface area contributed by atoms with E-state index in [0.29, 0.717) is 18.2 Å². The van der Waals surface area contributed by atoms with Crippen molar-refractivity contribution >= 4 is 17.5 Å². The number of nitrogens with two attached hydrogens (primary N) is 1. The van der Waals surface area contributed by atoms with E-state index in [0.717, 1.165) is 28.7 Å². The topological polar surface area (TPSA) is 173 Å². The summed E-state index contributed by atoms with van der Waals surface area (Å²) in [4.78, 5) is 41.3. The second kappa shape index (κ2) is 10.9. The van der Waals surface area contributed by atoms with E-state index in [1.807, 2.05) is 6.92 Å². The average Bonchev–Trinajstić information content (AvgIpc) is 2.93. The highest BCUT2D eigenvalue weighted by Gasteiger charge is 2.63. The zero-order chi connectivity index (χ0) is 31.5. The number of Topliss-reactive ketones (excluding diaryl/α,β-unsaturated/α-hetero) is 2. The molecule has 0 heterocycles. The van der Waals surface area contributed by atoms with Gasteiger partial charge in [-0.05, 0) is 79.2 Å². The maximum atomic E-state index is 14.1. The largest absolute Gasteiger partial charge is 0.510 e. The summed E-state index contributed by atoms with van der Waals surface area (Å²) >= 11 is 0. The highest BCUT2D eigenvalue weighted by molar-refractivity contribution is 6.24. The summed E-state index contributed by atoms with van der Waals surface area (Å²) in [5.41, 5.74) is 6.22. The number of nitrogens with zero attached hydrogens (tertiary/aromatic N) is 1. The molecule has 228 valence electrons. The number of carbonyl (C=O) groups is 3. The van der Waals surface area contributed by atoms with Gasteiger partial charge in [-0.15, -0.1) is 0 Å². The average molecular weight is 590 g/mol. The maximum absolute atomic E-state index is 14.1. The van der Waals surface area contributed by atoms with Crippen molar-refractivity contribution in [2.45, 2.75) is 64.3 Å². The predicted molar refractivity (Wildman–Crippen MR) is 160 cm³/mol. The number of hydrogen-bond acceptors (Lipinski definition) is 9. The van der Waals surface area contributed by atoms with Crippen LogP contribution < -0.4 is 11.1 Å². The number of aryl methyl sites for hydroxylation is 1. The summed E-state index contributed by atoms with van der Waals surface area (Å²) in [6, 6.07) is 8.72. The summed E-state index contributed by atoms with van der Waals surface area (Å²) in [6.07, 6.45) is 1.01. The molecule has 2 aromatic carbocycles. The summed E-state index contributed by atoms with van der Waals surface area (Å²) in [5.74, 6) is -6.63. The third-order valence-electron chi connectivity index (χ3n) is 9.17. The summed E-state index contributed by atoms with van der Waals surface area (Å²) < 4.78 is 0. The lowest BCUT2D eigenvalue weighted by Gasteiger charge is -2.50. The van der Waals surface area contributed by atoms with Crippen molar-refractivity contribution in [3.05, 3.63) is 75.3 Å². The molecule has 0 spiro atoms. The van der Waals surface area contributed by atoms with Crippen LogP contribution in [0.2, 0.25) is 0 Å². The van der Waals surface area contributed by atoms with Crippen LogP contribution in [0.4, 0.5) is 0 Å². The molecule has 0 saturated carbocycles. The first-order valence-corrected chi connectivity index (χ1v) is 14.6. The second-order valence-corrected chi connectivity index (χ2v) is 12.3. The number of fused-ring (bicyclic) bond motifs is 3. The van der Waals surface area contributed by atoms with Gasteiger partial charge >= 0.3 is 0 Å². The SMILES string of the molecule is CCc1ccc(CNC(C)C)cc1-c1ccc(O)c2c1C[C@H]1C[C@H]3[C@H](N(C)C)C(O)=C(C(N)=O)C(=O)[C@@]3(O)C(O)=C1C2=O. The molecule has 10 heteroatoms. The van der Waals surface area contributed by atoms with Gasteiger partial charge in [-0.2, -0.15) is 0 Å². The minimum Gasteiger partial charge on any atom is -0.510 e. The third kappa shape index (κ3) is 4.64. The van der Waals surface area contributed by atoms with Gasteiger partial charge in [0.05, 0.1) is 11.6 Å². The van der Waals surface area contributed by atoms with Crippen LogP contribution in [0.25, 0.3) is 11.1 Å². The monoisotopic (exact) mass is 589 g/mol. The first-order valence-electron chi connectivity index (χ1n) is 14.6. The van der Waals surface area contributed by atoms with Crippen molar-refractivity contribution in [2.24, 2.45) is 17.6 Å².